The molecule has 1 aliphatic carbocycles. The standard InChI is InChI=1S/C20H23FN2O3/c1-3-26-19(25)20(8-13(2)17(24)10-20)9-14-5-4-6-15(7-14)18-22-11-16(21)12-23-18/h4-7,11-13,17,24H,3,8-10H2,1-2H3/t13-,17+,20-/m1/s1. The summed E-state index contributed by atoms with van der Waals surface area (Å²) in [6.07, 6.45) is 3.20. The third-order valence-corrected chi connectivity index (χ3v) is 5.03. The summed E-state index contributed by atoms with van der Waals surface area (Å²) in [4.78, 5) is 20.7. The van der Waals surface area contributed by atoms with E-state index in [-0.39, 0.29) is 11.9 Å². The van der Waals surface area contributed by atoms with E-state index in [0.29, 0.717) is 31.7 Å². The van der Waals surface area contributed by atoms with Gasteiger partial charge in [0.15, 0.2) is 11.6 Å². The summed E-state index contributed by atoms with van der Waals surface area (Å²) < 4.78 is 18.3. The van der Waals surface area contributed by atoms with Crippen LogP contribution in [0.25, 0.3) is 11.4 Å². The molecule has 0 saturated heterocycles. The molecule has 3 rings (SSSR count). The van der Waals surface area contributed by atoms with Crippen molar-refractivity contribution in [2.45, 2.75) is 39.2 Å². The van der Waals surface area contributed by atoms with Crippen molar-refractivity contribution in [2.75, 3.05) is 6.61 Å². The molecule has 1 saturated carbocycles. The van der Waals surface area contributed by atoms with Crippen LogP contribution in [0.3, 0.4) is 0 Å². The summed E-state index contributed by atoms with van der Waals surface area (Å²) in [5, 5.41) is 10.2. The molecule has 0 spiro atoms. The smallest absolute Gasteiger partial charge is 0.312 e. The fraction of sp³-hybridized carbons (Fsp3) is 0.450. The number of ether oxygens (including phenoxy) is 1. The quantitative estimate of drug-likeness (QED) is 0.831. The summed E-state index contributed by atoms with van der Waals surface area (Å²) in [5.74, 6) is -0.270. The van der Waals surface area contributed by atoms with Gasteiger partial charge in [0.1, 0.15) is 0 Å². The molecule has 26 heavy (non-hydrogen) atoms. The molecule has 1 heterocycles. The van der Waals surface area contributed by atoms with Crippen molar-refractivity contribution in [2.24, 2.45) is 11.3 Å². The van der Waals surface area contributed by atoms with E-state index in [0.717, 1.165) is 23.5 Å². The number of nitrogens with zero attached hydrogens (tertiary/aromatic N) is 2. The van der Waals surface area contributed by atoms with Crippen LogP contribution in [0.1, 0.15) is 32.3 Å². The number of rotatable bonds is 5. The second-order valence-corrected chi connectivity index (χ2v) is 7.06. The molecular formula is C20H23FN2O3. The molecule has 0 bridgehead atoms. The van der Waals surface area contributed by atoms with Gasteiger partial charge in [-0.05, 0) is 43.7 Å². The van der Waals surface area contributed by atoms with Crippen molar-refractivity contribution in [3.05, 3.63) is 48.0 Å². The third kappa shape index (κ3) is 3.75. The van der Waals surface area contributed by atoms with E-state index in [2.05, 4.69) is 9.97 Å². The second-order valence-electron chi connectivity index (χ2n) is 7.06. The lowest BCUT2D eigenvalue weighted by molar-refractivity contribution is -0.155. The van der Waals surface area contributed by atoms with Crippen LogP contribution in [0.4, 0.5) is 4.39 Å². The fourth-order valence-corrected chi connectivity index (χ4v) is 3.78. The molecular weight excluding hydrogens is 335 g/mol. The lowest BCUT2D eigenvalue weighted by atomic mass is 9.79. The predicted molar refractivity (Wildman–Crippen MR) is 94.6 cm³/mol. The van der Waals surface area contributed by atoms with E-state index < -0.39 is 17.3 Å². The summed E-state index contributed by atoms with van der Waals surface area (Å²) in [6.45, 7) is 4.05. The summed E-state index contributed by atoms with van der Waals surface area (Å²) >= 11 is 0. The monoisotopic (exact) mass is 358 g/mol. The minimum Gasteiger partial charge on any atom is -0.466 e. The number of aliphatic hydroxyl groups is 1. The molecule has 6 heteroatoms. The van der Waals surface area contributed by atoms with Gasteiger partial charge in [-0.25, -0.2) is 14.4 Å². The highest BCUT2D eigenvalue weighted by Gasteiger charge is 2.49. The van der Waals surface area contributed by atoms with Gasteiger partial charge >= 0.3 is 5.97 Å². The van der Waals surface area contributed by atoms with Gasteiger partial charge in [-0.3, -0.25) is 4.79 Å². The van der Waals surface area contributed by atoms with Crippen LogP contribution in [-0.2, 0) is 16.0 Å². The van der Waals surface area contributed by atoms with Gasteiger partial charge in [0, 0.05) is 5.56 Å². The number of carbonyl (C=O) groups excluding carboxylic acids is 1. The molecule has 1 aromatic carbocycles. The molecule has 0 aliphatic heterocycles. The van der Waals surface area contributed by atoms with Gasteiger partial charge in [-0.15, -0.1) is 0 Å². The average molecular weight is 358 g/mol. The number of halogens is 1. The Balaban J connectivity index is 1.89. The van der Waals surface area contributed by atoms with E-state index in [9.17, 15) is 14.3 Å². The third-order valence-electron chi connectivity index (χ3n) is 5.03. The second kappa shape index (κ2) is 7.50. The molecule has 5 nitrogen and oxygen atoms in total. The lowest BCUT2D eigenvalue weighted by Crippen LogP contribution is -2.33. The molecule has 0 unspecified atom stereocenters. The van der Waals surface area contributed by atoms with Crippen molar-refractivity contribution >= 4 is 5.97 Å². The number of benzene rings is 1. The molecule has 0 radical (unpaired) electrons. The van der Waals surface area contributed by atoms with Crippen LogP contribution in [0.15, 0.2) is 36.7 Å². The zero-order valence-corrected chi connectivity index (χ0v) is 15.0. The molecule has 0 amide bonds. The van der Waals surface area contributed by atoms with E-state index in [1.54, 1.807) is 6.92 Å². The molecule has 138 valence electrons. The fourth-order valence-electron chi connectivity index (χ4n) is 3.78. The molecule has 1 aliphatic rings. The first-order valence-electron chi connectivity index (χ1n) is 8.85. The van der Waals surface area contributed by atoms with Gasteiger partial charge in [0.2, 0.25) is 0 Å². The predicted octanol–water partition coefficient (Wildman–Crippen LogP) is 3.17. The Kier molecular flexibility index (Phi) is 5.32. The van der Waals surface area contributed by atoms with Crippen LogP contribution >= 0.6 is 0 Å². The van der Waals surface area contributed by atoms with Crippen LogP contribution in [0, 0.1) is 17.2 Å². The van der Waals surface area contributed by atoms with Gasteiger partial charge in [-0.1, -0.05) is 25.1 Å². The largest absolute Gasteiger partial charge is 0.466 e. The van der Waals surface area contributed by atoms with Crippen molar-refractivity contribution in [1.29, 1.82) is 0 Å². The van der Waals surface area contributed by atoms with E-state index in [4.69, 9.17) is 4.74 Å². The maximum atomic E-state index is 13.0. The number of hydrogen-bond donors (Lipinski definition) is 1. The summed E-state index contributed by atoms with van der Waals surface area (Å²) in [6, 6.07) is 7.55. The Morgan fingerprint density at radius 2 is 2.08 bits per heavy atom. The number of aromatic nitrogens is 2. The molecule has 1 fully saturated rings. The highest BCUT2D eigenvalue weighted by Crippen LogP contribution is 2.45. The summed E-state index contributed by atoms with van der Waals surface area (Å²) in [5.41, 5.74) is 0.967. The number of aliphatic hydroxyl groups excluding tert-OH is 1. The first-order chi connectivity index (χ1) is 12.4. The van der Waals surface area contributed by atoms with E-state index in [1.165, 1.54) is 0 Å². The zero-order chi connectivity index (χ0) is 18.7. The minimum absolute atomic E-state index is 0.0445. The number of carbonyl (C=O) groups is 1. The van der Waals surface area contributed by atoms with Crippen molar-refractivity contribution in [3.63, 3.8) is 0 Å². The number of esters is 1. The first kappa shape index (κ1) is 18.5. The van der Waals surface area contributed by atoms with Crippen molar-refractivity contribution < 1.29 is 19.0 Å². The maximum Gasteiger partial charge on any atom is 0.312 e. The van der Waals surface area contributed by atoms with Gasteiger partial charge in [0.25, 0.3) is 0 Å². The molecule has 2 aromatic rings. The lowest BCUT2D eigenvalue weighted by Gasteiger charge is -2.27. The van der Waals surface area contributed by atoms with Gasteiger partial charge < -0.3 is 9.84 Å². The van der Waals surface area contributed by atoms with Crippen LogP contribution in [0.2, 0.25) is 0 Å². The van der Waals surface area contributed by atoms with Crippen LogP contribution in [0.5, 0.6) is 0 Å². The van der Waals surface area contributed by atoms with E-state index >= 15 is 0 Å². The minimum atomic E-state index is -0.725. The van der Waals surface area contributed by atoms with Crippen molar-refractivity contribution in [1.82, 2.24) is 9.97 Å². The first-order valence-corrected chi connectivity index (χ1v) is 8.85. The Labute approximate surface area is 152 Å². The van der Waals surface area contributed by atoms with E-state index in [1.807, 2.05) is 31.2 Å². The zero-order valence-electron chi connectivity index (χ0n) is 15.0. The topological polar surface area (TPSA) is 72.3 Å². The van der Waals surface area contributed by atoms with Gasteiger partial charge in [-0.2, -0.15) is 0 Å². The molecule has 3 atom stereocenters. The Hall–Kier alpha value is -2.34. The van der Waals surface area contributed by atoms with Crippen LogP contribution < -0.4 is 0 Å². The van der Waals surface area contributed by atoms with Crippen LogP contribution in [-0.4, -0.2) is 33.8 Å². The SMILES string of the molecule is CCOC(=O)[C@@]1(Cc2cccc(-c3ncc(F)cn3)c2)C[C@@H](C)[C@@H](O)C1. The van der Waals surface area contributed by atoms with Crippen molar-refractivity contribution in [3.8, 4) is 11.4 Å². The van der Waals surface area contributed by atoms with Gasteiger partial charge in [0.05, 0.1) is 30.5 Å². The molecule has 1 N–H and O–H groups in total. The highest BCUT2D eigenvalue weighted by molar-refractivity contribution is 5.78. The maximum absolute atomic E-state index is 13.0. The Morgan fingerprint density at radius 3 is 2.69 bits per heavy atom. The molecule has 1 aromatic heterocycles. The Bertz CT molecular complexity index is 769. The Morgan fingerprint density at radius 1 is 1.35 bits per heavy atom. The average Bonchev–Trinajstić information content (AvgIpc) is 2.91. The normalized spacial score (nSPS) is 25.2. The highest BCUT2D eigenvalue weighted by atomic mass is 19.1. The number of hydrogen-bond acceptors (Lipinski definition) is 5. The summed E-state index contributed by atoms with van der Waals surface area (Å²) in [7, 11) is 0.